The van der Waals surface area contributed by atoms with Gasteiger partial charge in [0.05, 0.1) is 0 Å². The van der Waals surface area contributed by atoms with Crippen molar-refractivity contribution in [1.82, 2.24) is 4.90 Å². The number of hydrogen-bond acceptors (Lipinski definition) is 1. The third-order valence-electron chi connectivity index (χ3n) is 4.02. The minimum Gasteiger partial charge on any atom is -0.340 e. The molecule has 0 aromatic rings. The summed E-state index contributed by atoms with van der Waals surface area (Å²) in [6, 6.07) is 0. The van der Waals surface area contributed by atoms with Crippen LogP contribution in [0.5, 0.6) is 0 Å². The van der Waals surface area contributed by atoms with Gasteiger partial charge in [-0.15, -0.1) is 0 Å². The maximum absolute atomic E-state index is 11.5. The van der Waals surface area contributed by atoms with Crippen LogP contribution in [-0.4, -0.2) is 23.4 Å². The van der Waals surface area contributed by atoms with E-state index >= 15 is 0 Å². The second-order valence-corrected chi connectivity index (χ2v) is 4.54. The smallest absolute Gasteiger partial charge is 0.223 e. The summed E-state index contributed by atoms with van der Waals surface area (Å²) in [4.78, 5) is 13.5. The van der Waals surface area contributed by atoms with Crippen molar-refractivity contribution in [1.29, 1.82) is 0 Å². The van der Waals surface area contributed by atoms with E-state index in [1.165, 1.54) is 12.8 Å². The van der Waals surface area contributed by atoms with Crippen molar-refractivity contribution in [3.05, 3.63) is 0 Å². The first-order valence-corrected chi connectivity index (χ1v) is 4.85. The predicted molar refractivity (Wildman–Crippen MR) is 47.7 cm³/mol. The molecule has 0 spiro atoms. The molecule has 2 aliphatic rings. The van der Waals surface area contributed by atoms with Crippen molar-refractivity contribution in [2.24, 2.45) is 11.8 Å². The fourth-order valence-corrected chi connectivity index (χ4v) is 3.09. The molecule has 2 atom stereocenters. The van der Waals surface area contributed by atoms with Crippen molar-refractivity contribution in [3.8, 4) is 0 Å². The molecule has 1 aliphatic carbocycles. The minimum atomic E-state index is 0.247. The van der Waals surface area contributed by atoms with Crippen molar-refractivity contribution < 1.29 is 4.79 Å². The zero-order valence-electron chi connectivity index (χ0n) is 8.13. The van der Waals surface area contributed by atoms with E-state index in [2.05, 4.69) is 13.8 Å². The van der Waals surface area contributed by atoms with Gasteiger partial charge in [0.2, 0.25) is 5.91 Å². The van der Waals surface area contributed by atoms with Crippen LogP contribution in [-0.2, 0) is 4.79 Å². The summed E-state index contributed by atoms with van der Waals surface area (Å²) in [5.41, 5.74) is 0.247. The third kappa shape index (κ3) is 0.686. The van der Waals surface area contributed by atoms with Gasteiger partial charge >= 0.3 is 0 Å². The van der Waals surface area contributed by atoms with Gasteiger partial charge in [-0.25, -0.2) is 0 Å². The monoisotopic (exact) mass is 167 g/mol. The van der Waals surface area contributed by atoms with Crippen LogP contribution < -0.4 is 0 Å². The SMILES string of the molecule is CC(C)C12CCC1CC(=O)N2C. The van der Waals surface area contributed by atoms with Crippen molar-refractivity contribution in [2.45, 2.75) is 38.6 Å². The largest absolute Gasteiger partial charge is 0.340 e. The van der Waals surface area contributed by atoms with E-state index in [1.54, 1.807) is 0 Å². The normalized spacial score (nSPS) is 40.2. The first-order chi connectivity index (χ1) is 5.59. The Labute approximate surface area is 73.9 Å². The molecule has 2 unspecified atom stereocenters. The van der Waals surface area contributed by atoms with Crippen LogP contribution in [0.15, 0.2) is 0 Å². The van der Waals surface area contributed by atoms with Crippen LogP contribution in [0.25, 0.3) is 0 Å². The number of nitrogens with zero attached hydrogens (tertiary/aromatic N) is 1. The molecule has 12 heavy (non-hydrogen) atoms. The summed E-state index contributed by atoms with van der Waals surface area (Å²) >= 11 is 0. The topological polar surface area (TPSA) is 20.3 Å². The molecule has 0 aromatic carbocycles. The number of amides is 1. The molecular formula is C10H17NO. The second kappa shape index (κ2) is 2.24. The number of fused-ring (bicyclic) bond motifs is 1. The molecule has 1 aliphatic heterocycles. The van der Waals surface area contributed by atoms with Crippen molar-refractivity contribution in [3.63, 3.8) is 0 Å². The van der Waals surface area contributed by atoms with E-state index in [0.29, 0.717) is 17.7 Å². The second-order valence-electron chi connectivity index (χ2n) is 4.54. The van der Waals surface area contributed by atoms with Gasteiger partial charge in [-0.1, -0.05) is 13.8 Å². The zero-order chi connectivity index (χ0) is 8.93. The van der Waals surface area contributed by atoms with E-state index in [1.807, 2.05) is 11.9 Å². The Balaban J connectivity index is 2.30. The lowest BCUT2D eigenvalue weighted by molar-refractivity contribution is -0.132. The van der Waals surface area contributed by atoms with Gasteiger partial charge in [-0.3, -0.25) is 4.79 Å². The number of hydrogen-bond donors (Lipinski definition) is 0. The minimum absolute atomic E-state index is 0.247. The summed E-state index contributed by atoms with van der Waals surface area (Å²) in [7, 11) is 1.97. The fourth-order valence-electron chi connectivity index (χ4n) is 3.09. The first-order valence-electron chi connectivity index (χ1n) is 4.85. The van der Waals surface area contributed by atoms with Crippen molar-refractivity contribution >= 4 is 5.91 Å². The summed E-state index contributed by atoms with van der Waals surface area (Å²) < 4.78 is 0. The van der Waals surface area contributed by atoms with Gasteiger partial charge in [-0.2, -0.15) is 0 Å². The van der Waals surface area contributed by atoms with E-state index in [9.17, 15) is 4.79 Å². The summed E-state index contributed by atoms with van der Waals surface area (Å²) in [6.45, 7) is 4.47. The Bertz CT molecular complexity index is 224. The number of carbonyl (C=O) groups excluding carboxylic acids is 1. The standard InChI is InChI=1S/C10H17NO/c1-7(2)10-5-4-8(10)6-9(12)11(10)3/h7-8H,4-6H2,1-3H3. The summed E-state index contributed by atoms with van der Waals surface area (Å²) in [5, 5.41) is 0. The molecule has 68 valence electrons. The molecule has 0 bridgehead atoms. The van der Waals surface area contributed by atoms with Gasteiger partial charge in [0.25, 0.3) is 0 Å². The van der Waals surface area contributed by atoms with Crippen molar-refractivity contribution in [2.75, 3.05) is 7.05 Å². The van der Waals surface area contributed by atoms with E-state index in [0.717, 1.165) is 6.42 Å². The number of likely N-dealkylation sites (tertiary alicyclic amines) is 1. The van der Waals surface area contributed by atoms with Gasteiger partial charge in [0.1, 0.15) is 0 Å². The Morgan fingerprint density at radius 3 is 2.50 bits per heavy atom. The van der Waals surface area contributed by atoms with Crippen LogP contribution in [0.3, 0.4) is 0 Å². The lowest BCUT2D eigenvalue weighted by atomic mass is 9.62. The number of rotatable bonds is 1. The molecule has 0 aromatic heterocycles. The van der Waals surface area contributed by atoms with Crippen LogP contribution in [0.1, 0.15) is 33.1 Å². The van der Waals surface area contributed by atoms with Crippen LogP contribution >= 0.6 is 0 Å². The number of carbonyl (C=O) groups is 1. The molecule has 2 heteroatoms. The summed E-state index contributed by atoms with van der Waals surface area (Å²) in [5.74, 6) is 1.63. The molecule has 2 fully saturated rings. The molecule has 1 amide bonds. The highest BCUT2D eigenvalue weighted by Crippen LogP contribution is 2.53. The van der Waals surface area contributed by atoms with Crippen LogP contribution in [0.4, 0.5) is 0 Å². The molecule has 2 nitrogen and oxygen atoms in total. The highest BCUT2D eigenvalue weighted by atomic mass is 16.2. The highest BCUT2D eigenvalue weighted by molar-refractivity contribution is 5.80. The zero-order valence-corrected chi connectivity index (χ0v) is 8.13. The fraction of sp³-hybridized carbons (Fsp3) is 0.900. The summed E-state index contributed by atoms with van der Waals surface area (Å²) in [6.07, 6.45) is 3.28. The van der Waals surface area contributed by atoms with E-state index in [-0.39, 0.29) is 5.54 Å². The van der Waals surface area contributed by atoms with Gasteiger partial charge in [0, 0.05) is 19.0 Å². The Hall–Kier alpha value is -0.530. The maximum atomic E-state index is 11.5. The van der Waals surface area contributed by atoms with E-state index in [4.69, 9.17) is 0 Å². The molecular weight excluding hydrogens is 150 g/mol. The average molecular weight is 167 g/mol. The molecule has 2 rings (SSSR count). The van der Waals surface area contributed by atoms with Crippen LogP contribution in [0, 0.1) is 11.8 Å². The lowest BCUT2D eigenvalue weighted by Crippen LogP contribution is -2.57. The highest BCUT2D eigenvalue weighted by Gasteiger charge is 2.58. The predicted octanol–water partition coefficient (Wildman–Crippen LogP) is 1.65. The molecule has 1 saturated heterocycles. The molecule has 0 N–H and O–H groups in total. The van der Waals surface area contributed by atoms with Gasteiger partial charge in [-0.05, 0) is 24.7 Å². The average Bonchev–Trinajstić information content (AvgIpc) is 2.11. The molecule has 1 heterocycles. The lowest BCUT2D eigenvalue weighted by Gasteiger charge is -2.51. The Morgan fingerprint density at radius 1 is 1.58 bits per heavy atom. The van der Waals surface area contributed by atoms with E-state index < -0.39 is 0 Å². The Morgan fingerprint density at radius 2 is 2.25 bits per heavy atom. The van der Waals surface area contributed by atoms with Gasteiger partial charge < -0.3 is 4.90 Å². The van der Waals surface area contributed by atoms with Gasteiger partial charge in [0.15, 0.2) is 0 Å². The quantitative estimate of drug-likeness (QED) is 0.581. The third-order valence-corrected chi connectivity index (χ3v) is 4.02. The van der Waals surface area contributed by atoms with Crippen LogP contribution in [0.2, 0.25) is 0 Å². The molecule has 1 saturated carbocycles. The first kappa shape index (κ1) is 8.09. The maximum Gasteiger partial charge on any atom is 0.223 e. The molecule has 0 radical (unpaired) electrons. The Kier molecular flexibility index (Phi) is 1.51.